The molecule has 35 heavy (non-hydrogen) atoms. The monoisotopic (exact) mass is 589 g/mol. The molecule has 0 saturated heterocycles. The Morgan fingerprint density at radius 1 is 1.37 bits per heavy atom. The molecule has 1 saturated carbocycles. The summed E-state index contributed by atoms with van der Waals surface area (Å²) in [4.78, 5) is 24.1. The first kappa shape index (κ1) is 28.4. The van der Waals surface area contributed by atoms with Crippen LogP contribution in [0.3, 0.4) is 0 Å². The van der Waals surface area contributed by atoms with E-state index in [0.717, 1.165) is 16.1 Å². The van der Waals surface area contributed by atoms with Crippen LogP contribution in [0.15, 0.2) is 21.7 Å². The molecule has 3 atom stereocenters. The molecular formula is C24H37BrFN3O4SSi. The minimum Gasteiger partial charge on any atom is -0.481 e. The summed E-state index contributed by atoms with van der Waals surface area (Å²) in [5, 5.41) is 0.392. The summed E-state index contributed by atoms with van der Waals surface area (Å²) in [5.74, 6) is 0.368. The number of thioether (sulfide) groups is 1. The average Bonchev–Trinajstić information content (AvgIpc) is 3.48. The van der Waals surface area contributed by atoms with Gasteiger partial charge < -0.3 is 14.2 Å². The van der Waals surface area contributed by atoms with E-state index in [0.29, 0.717) is 24.1 Å². The van der Waals surface area contributed by atoms with Gasteiger partial charge in [-0.1, -0.05) is 31.4 Å². The molecule has 0 N–H and O–H groups in total. The SMILES string of the molecule is COc1ncc(Br)cc1[C@@]1(C)N=C(N(COCC[Si](C)(C)C)C(=O)OC(C)(C)C)S[C@@]2(CF)C[C@H]21. The molecule has 0 unspecified atom stereocenters. The molecule has 11 heteroatoms. The van der Waals surface area contributed by atoms with E-state index in [4.69, 9.17) is 19.2 Å². The zero-order chi connectivity index (χ0) is 26.2. The number of nitrogens with zero attached hydrogens (tertiary/aromatic N) is 3. The van der Waals surface area contributed by atoms with Crippen molar-refractivity contribution in [2.24, 2.45) is 10.9 Å². The molecule has 0 spiro atoms. The van der Waals surface area contributed by atoms with Crippen molar-refractivity contribution in [2.75, 3.05) is 27.1 Å². The van der Waals surface area contributed by atoms with Crippen LogP contribution in [0.25, 0.3) is 0 Å². The fourth-order valence-electron chi connectivity index (χ4n) is 4.12. The lowest BCUT2D eigenvalue weighted by atomic mass is 9.87. The normalized spacial score (nSPS) is 26.0. The molecule has 1 aliphatic carbocycles. The number of carbonyl (C=O) groups is 1. The second kappa shape index (κ2) is 10.3. The van der Waals surface area contributed by atoms with Crippen molar-refractivity contribution in [3.63, 3.8) is 0 Å². The highest BCUT2D eigenvalue weighted by Crippen LogP contribution is 2.67. The van der Waals surface area contributed by atoms with Crippen LogP contribution in [-0.2, 0) is 15.0 Å². The number of methoxy groups -OCH3 is 1. The van der Waals surface area contributed by atoms with Crippen LogP contribution in [0, 0.1) is 5.92 Å². The molecule has 1 amide bonds. The number of halogens is 2. The van der Waals surface area contributed by atoms with E-state index < -0.39 is 36.7 Å². The summed E-state index contributed by atoms with van der Waals surface area (Å²) in [6, 6.07) is 2.87. The van der Waals surface area contributed by atoms with E-state index in [1.54, 1.807) is 13.3 Å². The molecule has 3 rings (SSSR count). The first-order valence-corrected chi connectivity index (χ1v) is 17.1. The Morgan fingerprint density at radius 3 is 2.63 bits per heavy atom. The molecule has 0 aromatic carbocycles. The highest BCUT2D eigenvalue weighted by atomic mass is 79.9. The van der Waals surface area contributed by atoms with E-state index >= 15 is 0 Å². The van der Waals surface area contributed by atoms with Gasteiger partial charge in [-0.2, -0.15) is 0 Å². The topological polar surface area (TPSA) is 73.3 Å². The molecule has 1 fully saturated rings. The number of rotatable bonds is 8. The van der Waals surface area contributed by atoms with E-state index in [-0.39, 0.29) is 12.6 Å². The second-order valence-corrected chi connectivity index (χ2v) is 19.5. The summed E-state index contributed by atoms with van der Waals surface area (Å²) >= 11 is 4.80. The zero-order valence-corrected chi connectivity index (χ0v) is 25.3. The van der Waals surface area contributed by atoms with Crippen molar-refractivity contribution < 1.29 is 23.4 Å². The Balaban J connectivity index is 2.01. The van der Waals surface area contributed by atoms with Crippen molar-refractivity contribution in [2.45, 2.75) is 75.7 Å². The smallest absolute Gasteiger partial charge is 0.418 e. The molecule has 2 heterocycles. The maximum Gasteiger partial charge on any atom is 0.418 e. The first-order chi connectivity index (χ1) is 16.1. The fourth-order valence-corrected chi connectivity index (χ4v) is 6.72. The number of carbonyl (C=O) groups excluding carboxylic acids is 1. The Hall–Kier alpha value is -1.17. The molecular weight excluding hydrogens is 553 g/mol. The summed E-state index contributed by atoms with van der Waals surface area (Å²) in [7, 11) is 0.246. The van der Waals surface area contributed by atoms with Gasteiger partial charge in [0.15, 0.2) is 5.17 Å². The summed E-state index contributed by atoms with van der Waals surface area (Å²) in [6.45, 7) is 14.2. The standard InChI is InChI=1S/C24H37BrFN3O4SSi/c1-22(2,3)33-21(30)29(15-32-9-10-35(6,7)8)20-28-23(4,18-12-24(18,14-26)34-20)17-11-16(25)13-27-19(17)31-5/h11,13,18H,9-10,12,14-15H2,1-8H3/t18-,23+,24+/m0/s1. The van der Waals surface area contributed by atoms with Crippen LogP contribution in [0.2, 0.25) is 25.7 Å². The lowest BCUT2D eigenvalue weighted by Gasteiger charge is -2.37. The lowest BCUT2D eigenvalue weighted by Crippen LogP contribution is -2.46. The maximum absolute atomic E-state index is 14.5. The third kappa shape index (κ3) is 6.59. The minimum atomic E-state index is -1.31. The van der Waals surface area contributed by atoms with Crippen LogP contribution >= 0.6 is 27.7 Å². The predicted molar refractivity (Wildman–Crippen MR) is 145 cm³/mol. The number of hydrogen-bond acceptors (Lipinski definition) is 7. The first-order valence-electron chi connectivity index (χ1n) is 11.8. The largest absolute Gasteiger partial charge is 0.481 e. The Labute approximate surface area is 221 Å². The van der Waals surface area contributed by atoms with Gasteiger partial charge in [0.25, 0.3) is 0 Å². The van der Waals surface area contributed by atoms with Crippen LogP contribution in [0.4, 0.5) is 9.18 Å². The van der Waals surface area contributed by atoms with Gasteiger partial charge in [-0.3, -0.25) is 4.99 Å². The number of hydrogen-bond donors (Lipinski definition) is 0. The van der Waals surface area contributed by atoms with Crippen molar-refractivity contribution in [3.05, 3.63) is 22.3 Å². The zero-order valence-electron chi connectivity index (χ0n) is 21.9. The number of pyridine rings is 1. The number of fused-ring (bicyclic) bond motifs is 1. The van der Waals surface area contributed by atoms with E-state index in [1.165, 1.54) is 16.7 Å². The van der Waals surface area contributed by atoms with Crippen LogP contribution < -0.4 is 4.74 Å². The second-order valence-electron chi connectivity index (χ2n) is 11.6. The Kier molecular flexibility index (Phi) is 8.35. The molecule has 1 aromatic heterocycles. The highest BCUT2D eigenvalue weighted by molar-refractivity contribution is 9.10. The predicted octanol–water partition coefficient (Wildman–Crippen LogP) is 6.45. The van der Waals surface area contributed by atoms with Gasteiger partial charge in [-0.25, -0.2) is 19.1 Å². The fraction of sp³-hybridized carbons (Fsp3) is 0.708. The Morgan fingerprint density at radius 2 is 2.06 bits per heavy atom. The summed E-state index contributed by atoms with van der Waals surface area (Å²) in [5.41, 5.74) is -0.794. The van der Waals surface area contributed by atoms with Gasteiger partial charge in [-0.05, 0) is 62.2 Å². The van der Waals surface area contributed by atoms with Gasteiger partial charge >= 0.3 is 6.09 Å². The van der Waals surface area contributed by atoms with Gasteiger partial charge in [0.2, 0.25) is 5.88 Å². The van der Waals surface area contributed by atoms with E-state index in [2.05, 4.69) is 40.6 Å². The van der Waals surface area contributed by atoms with Crippen LogP contribution in [0.1, 0.15) is 39.7 Å². The average molecular weight is 591 g/mol. The number of amides is 1. The summed E-state index contributed by atoms with van der Waals surface area (Å²) in [6.07, 6.45) is 1.72. The highest BCUT2D eigenvalue weighted by Gasteiger charge is 2.67. The van der Waals surface area contributed by atoms with Crippen molar-refractivity contribution in [1.82, 2.24) is 9.88 Å². The number of aliphatic imine (C=N–C) groups is 1. The minimum absolute atomic E-state index is 0.0117. The van der Waals surface area contributed by atoms with Gasteiger partial charge in [0.05, 0.1) is 17.4 Å². The maximum atomic E-state index is 14.5. The molecule has 0 bridgehead atoms. The molecule has 196 valence electrons. The van der Waals surface area contributed by atoms with Crippen LogP contribution in [-0.4, -0.2) is 66.7 Å². The van der Waals surface area contributed by atoms with Crippen LogP contribution in [0.5, 0.6) is 5.88 Å². The molecule has 1 aromatic rings. The van der Waals surface area contributed by atoms with Gasteiger partial charge in [0, 0.05) is 36.8 Å². The Bertz CT molecular complexity index is 986. The lowest BCUT2D eigenvalue weighted by molar-refractivity contribution is 0.0110. The molecule has 7 nitrogen and oxygen atoms in total. The third-order valence-corrected chi connectivity index (χ3v) is 9.77. The number of alkyl halides is 1. The summed E-state index contributed by atoms with van der Waals surface area (Å²) < 4.78 is 31.8. The molecule has 2 aliphatic rings. The van der Waals surface area contributed by atoms with E-state index in [1.807, 2.05) is 33.8 Å². The number of aromatic nitrogens is 1. The third-order valence-electron chi connectivity index (χ3n) is 6.17. The van der Waals surface area contributed by atoms with Gasteiger partial charge in [0.1, 0.15) is 19.0 Å². The molecule has 1 aliphatic heterocycles. The number of amidine groups is 1. The van der Waals surface area contributed by atoms with E-state index in [9.17, 15) is 9.18 Å². The van der Waals surface area contributed by atoms with Crippen molar-refractivity contribution in [1.29, 1.82) is 0 Å². The number of ether oxygens (including phenoxy) is 3. The van der Waals surface area contributed by atoms with Gasteiger partial charge in [-0.15, -0.1) is 0 Å². The molecule has 0 radical (unpaired) electrons. The quantitative estimate of drug-likeness (QED) is 0.197. The van der Waals surface area contributed by atoms with Crippen molar-refractivity contribution in [3.8, 4) is 5.88 Å². The van der Waals surface area contributed by atoms with Crippen molar-refractivity contribution >= 4 is 47.0 Å².